The zero-order valence-corrected chi connectivity index (χ0v) is 17.9. The van der Waals surface area contributed by atoms with Crippen molar-refractivity contribution in [3.05, 3.63) is 78.0 Å². The fourth-order valence-electron chi connectivity index (χ4n) is 3.80. The van der Waals surface area contributed by atoms with Gasteiger partial charge in [-0.25, -0.2) is 0 Å². The summed E-state index contributed by atoms with van der Waals surface area (Å²) in [5.74, 6) is 0.816. The number of pyridine rings is 1. The predicted molar refractivity (Wildman–Crippen MR) is 125 cm³/mol. The second kappa shape index (κ2) is 9.47. The molecule has 2 heterocycles. The highest BCUT2D eigenvalue weighted by Crippen LogP contribution is 2.31. The number of benzene rings is 2. The van der Waals surface area contributed by atoms with Crippen LogP contribution in [0.2, 0.25) is 0 Å². The van der Waals surface area contributed by atoms with E-state index < -0.39 is 0 Å². The normalized spacial score (nSPS) is 10.9. The zero-order valence-electron chi connectivity index (χ0n) is 17.9. The van der Waals surface area contributed by atoms with E-state index in [9.17, 15) is 4.79 Å². The number of hydrogen-bond acceptors (Lipinski definition) is 3. The van der Waals surface area contributed by atoms with Gasteiger partial charge in [0.15, 0.2) is 0 Å². The minimum absolute atomic E-state index is 0.0135. The average molecular weight is 414 g/mol. The highest BCUT2D eigenvalue weighted by Gasteiger charge is 2.15. The minimum atomic E-state index is 0.0135. The molecule has 0 spiro atoms. The van der Waals surface area contributed by atoms with E-state index in [0.717, 1.165) is 41.2 Å². The summed E-state index contributed by atoms with van der Waals surface area (Å²) in [4.78, 5) is 20.5. The molecule has 0 aliphatic carbocycles. The maximum absolute atomic E-state index is 12.5. The molecule has 4 rings (SSSR count). The van der Waals surface area contributed by atoms with E-state index >= 15 is 0 Å². The fourth-order valence-corrected chi connectivity index (χ4v) is 3.80. The predicted octanol–water partition coefficient (Wildman–Crippen LogP) is 5.90. The van der Waals surface area contributed by atoms with Crippen LogP contribution in [0.25, 0.3) is 22.3 Å². The van der Waals surface area contributed by atoms with Crippen molar-refractivity contribution >= 4 is 22.5 Å². The van der Waals surface area contributed by atoms with Crippen LogP contribution in [0.5, 0.6) is 5.75 Å². The van der Waals surface area contributed by atoms with E-state index in [2.05, 4.69) is 40.4 Å². The Morgan fingerprint density at radius 3 is 2.68 bits per heavy atom. The molecule has 0 bridgehead atoms. The van der Waals surface area contributed by atoms with Gasteiger partial charge in [0.25, 0.3) is 0 Å². The number of H-pyrrole nitrogens is 1. The molecule has 2 N–H and O–H groups in total. The van der Waals surface area contributed by atoms with Crippen LogP contribution >= 0.6 is 0 Å². The third kappa shape index (κ3) is 4.94. The van der Waals surface area contributed by atoms with E-state index in [1.807, 2.05) is 49.4 Å². The number of ether oxygens (including phenoxy) is 1. The van der Waals surface area contributed by atoms with E-state index in [-0.39, 0.29) is 5.91 Å². The summed E-state index contributed by atoms with van der Waals surface area (Å²) in [6.07, 6.45) is 3.81. The van der Waals surface area contributed by atoms with Gasteiger partial charge in [-0.15, -0.1) is 0 Å². The molecule has 0 unspecified atom stereocenters. The summed E-state index contributed by atoms with van der Waals surface area (Å²) in [6.45, 7) is 4.67. The number of hydrogen-bond donors (Lipinski definition) is 2. The molecule has 0 saturated heterocycles. The number of fused-ring (bicyclic) bond motifs is 1. The third-order valence-electron chi connectivity index (χ3n) is 5.26. The van der Waals surface area contributed by atoms with Crippen molar-refractivity contribution < 1.29 is 9.53 Å². The van der Waals surface area contributed by atoms with Crippen LogP contribution in [0.4, 0.5) is 5.69 Å². The molecule has 5 nitrogen and oxygen atoms in total. The van der Waals surface area contributed by atoms with E-state index in [1.54, 1.807) is 6.20 Å². The Kier molecular flexibility index (Phi) is 6.32. The lowest BCUT2D eigenvalue weighted by atomic mass is 10.0. The Morgan fingerprint density at radius 1 is 1.10 bits per heavy atom. The Labute approximate surface area is 182 Å². The van der Waals surface area contributed by atoms with Crippen molar-refractivity contribution in [2.75, 3.05) is 11.9 Å². The fraction of sp³-hybridized carbons (Fsp3) is 0.231. The number of nitrogens with zero attached hydrogens (tertiary/aromatic N) is 1. The summed E-state index contributed by atoms with van der Waals surface area (Å²) >= 11 is 0. The van der Waals surface area contributed by atoms with Crippen molar-refractivity contribution in [1.29, 1.82) is 0 Å². The number of aromatic nitrogens is 2. The topological polar surface area (TPSA) is 67.0 Å². The molecule has 0 aliphatic rings. The number of amides is 1. The van der Waals surface area contributed by atoms with Gasteiger partial charge in [0.2, 0.25) is 5.91 Å². The molecule has 1 amide bonds. The highest BCUT2D eigenvalue weighted by molar-refractivity contribution is 5.92. The minimum Gasteiger partial charge on any atom is -0.494 e. The molecule has 31 heavy (non-hydrogen) atoms. The monoisotopic (exact) mass is 413 g/mol. The Morgan fingerprint density at radius 2 is 1.94 bits per heavy atom. The van der Waals surface area contributed by atoms with Crippen LogP contribution < -0.4 is 10.1 Å². The Bertz CT molecular complexity index is 1160. The standard InChI is InChI=1S/C26H27N3O2/c1-3-31-20-13-11-19(12-14-20)28-25(30)9-6-7-21-22-17-18(2)10-15-23(22)29-26(21)24-8-4-5-16-27-24/h4-5,8,10-17,29H,3,6-7,9H2,1-2H3,(H,28,30). The average Bonchev–Trinajstić information content (AvgIpc) is 3.14. The van der Waals surface area contributed by atoms with Gasteiger partial charge >= 0.3 is 0 Å². The van der Waals surface area contributed by atoms with E-state index in [4.69, 9.17) is 4.74 Å². The summed E-state index contributed by atoms with van der Waals surface area (Å²) in [5.41, 5.74) is 6.27. The Hall–Kier alpha value is -3.60. The Balaban J connectivity index is 1.46. The van der Waals surface area contributed by atoms with Gasteiger partial charge in [-0.05, 0) is 80.8 Å². The maximum atomic E-state index is 12.5. The number of anilines is 1. The van der Waals surface area contributed by atoms with Crippen molar-refractivity contribution in [3.8, 4) is 17.1 Å². The lowest BCUT2D eigenvalue weighted by molar-refractivity contribution is -0.116. The van der Waals surface area contributed by atoms with Crippen molar-refractivity contribution in [3.63, 3.8) is 0 Å². The van der Waals surface area contributed by atoms with Gasteiger partial charge in [-0.1, -0.05) is 17.7 Å². The first-order valence-corrected chi connectivity index (χ1v) is 10.7. The second-order valence-electron chi connectivity index (χ2n) is 7.60. The van der Waals surface area contributed by atoms with E-state index in [1.165, 1.54) is 16.5 Å². The van der Waals surface area contributed by atoms with E-state index in [0.29, 0.717) is 13.0 Å². The molecule has 2 aromatic carbocycles. The number of nitrogens with one attached hydrogen (secondary N) is 2. The smallest absolute Gasteiger partial charge is 0.224 e. The van der Waals surface area contributed by atoms with Crippen molar-refractivity contribution in [2.45, 2.75) is 33.1 Å². The SMILES string of the molecule is CCOc1ccc(NC(=O)CCCc2c(-c3ccccn3)[nH]c3ccc(C)cc23)cc1. The van der Waals surface area contributed by atoms with Crippen molar-refractivity contribution in [1.82, 2.24) is 9.97 Å². The van der Waals surface area contributed by atoms with Crippen LogP contribution in [-0.2, 0) is 11.2 Å². The molecule has 0 aliphatic heterocycles. The van der Waals surface area contributed by atoms with Gasteiger partial charge in [0.05, 0.1) is 18.0 Å². The number of aryl methyl sites for hydroxylation is 2. The molecule has 158 valence electrons. The molecular weight excluding hydrogens is 386 g/mol. The number of rotatable bonds is 8. The summed E-state index contributed by atoms with van der Waals surface area (Å²) in [7, 11) is 0. The molecule has 0 saturated carbocycles. The third-order valence-corrected chi connectivity index (χ3v) is 5.26. The number of carbonyl (C=O) groups excluding carboxylic acids is 1. The largest absolute Gasteiger partial charge is 0.494 e. The van der Waals surface area contributed by atoms with Crippen LogP contribution in [0.3, 0.4) is 0 Å². The van der Waals surface area contributed by atoms with Crippen LogP contribution in [-0.4, -0.2) is 22.5 Å². The van der Waals surface area contributed by atoms with Gasteiger partial charge in [0, 0.05) is 29.2 Å². The van der Waals surface area contributed by atoms with Crippen LogP contribution in [0.15, 0.2) is 66.9 Å². The number of aromatic amines is 1. The molecule has 4 aromatic rings. The van der Waals surface area contributed by atoms with Gasteiger partial charge in [-0.2, -0.15) is 0 Å². The first-order chi connectivity index (χ1) is 15.1. The van der Waals surface area contributed by atoms with Crippen LogP contribution in [0, 0.1) is 6.92 Å². The van der Waals surface area contributed by atoms with Crippen LogP contribution in [0.1, 0.15) is 30.9 Å². The molecule has 5 heteroatoms. The lowest BCUT2D eigenvalue weighted by Gasteiger charge is -2.08. The number of carbonyl (C=O) groups is 1. The summed E-state index contributed by atoms with van der Waals surface area (Å²) in [6, 6.07) is 19.8. The molecule has 0 fully saturated rings. The quantitative estimate of drug-likeness (QED) is 0.378. The highest BCUT2D eigenvalue weighted by atomic mass is 16.5. The van der Waals surface area contributed by atoms with Gasteiger partial charge < -0.3 is 15.0 Å². The molecule has 2 aromatic heterocycles. The zero-order chi connectivity index (χ0) is 21.6. The lowest BCUT2D eigenvalue weighted by Crippen LogP contribution is -2.11. The molecular formula is C26H27N3O2. The molecule has 0 radical (unpaired) electrons. The first-order valence-electron chi connectivity index (χ1n) is 10.7. The summed E-state index contributed by atoms with van der Waals surface area (Å²) in [5, 5.41) is 4.17. The van der Waals surface area contributed by atoms with Gasteiger partial charge in [0.1, 0.15) is 5.75 Å². The second-order valence-corrected chi connectivity index (χ2v) is 7.60. The van der Waals surface area contributed by atoms with Crippen molar-refractivity contribution in [2.24, 2.45) is 0 Å². The molecule has 0 atom stereocenters. The first kappa shape index (κ1) is 20.7. The van der Waals surface area contributed by atoms with Gasteiger partial charge in [-0.3, -0.25) is 9.78 Å². The maximum Gasteiger partial charge on any atom is 0.224 e. The summed E-state index contributed by atoms with van der Waals surface area (Å²) < 4.78 is 5.44.